The molecule has 0 amide bonds. The number of rotatable bonds is 3. The molecule has 0 radical (unpaired) electrons. The van der Waals surface area contributed by atoms with Gasteiger partial charge in [0.25, 0.3) is 5.56 Å². The van der Waals surface area contributed by atoms with Crippen LogP contribution in [0, 0.1) is 0 Å². The summed E-state index contributed by atoms with van der Waals surface area (Å²) >= 11 is 0. The van der Waals surface area contributed by atoms with Gasteiger partial charge in [-0.1, -0.05) is 0 Å². The molecule has 18 heavy (non-hydrogen) atoms. The highest BCUT2D eigenvalue weighted by Gasteiger charge is 2.17. The Morgan fingerprint density at radius 1 is 1.17 bits per heavy atom. The third kappa shape index (κ3) is 1.51. The third-order valence-electron chi connectivity index (χ3n) is 3.15. The van der Waals surface area contributed by atoms with Crippen LogP contribution in [0.4, 0.5) is 0 Å². The quantitative estimate of drug-likeness (QED) is 0.788. The van der Waals surface area contributed by atoms with Gasteiger partial charge in [-0.05, 0) is 13.8 Å². The molecule has 0 fully saturated rings. The summed E-state index contributed by atoms with van der Waals surface area (Å²) in [5.41, 5.74) is 5.80. The highest BCUT2D eigenvalue weighted by atomic mass is 16.2. The predicted molar refractivity (Wildman–Crippen MR) is 68.5 cm³/mol. The maximum absolute atomic E-state index is 12.2. The fourth-order valence-electron chi connectivity index (χ4n) is 2.15. The number of aryl methyl sites for hydroxylation is 2. The largest absolute Gasteiger partial charge is 0.332 e. The fraction of sp³-hybridized carbons (Fsp3) is 0.545. The molecule has 0 atom stereocenters. The molecular weight excluding hydrogens is 234 g/mol. The zero-order valence-corrected chi connectivity index (χ0v) is 10.8. The van der Waals surface area contributed by atoms with Gasteiger partial charge >= 0.3 is 5.69 Å². The van der Waals surface area contributed by atoms with Crippen LogP contribution in [-0.2, 0) is 26.7 Å². The van der Waals surface area contributed by atoms with Crippen LogP contribution in [0.5, 0.6) is 0 Å². The molecule has 2 rings (SSSR count). The van der Waals surface area contributed by atoms with Gasteiger partial charge in [0.1, 0.15) is 5.82 Å². The minimum absolute atomic E-state index is 0.231. The normalized spacial score (nSPS) is 11.3. The van der Waals surface area contributed by atoms with Crippen molar-refractivity contribution < 1.29 is 0 Å². The second-order valence-corrected chi connectivity index (χ2v) is 4.04. The number of aromatic nitrogens is 4. The molecule has 0 spiro atoms. The standard InChI is InChI=1S/C11H17N5O2/c1-4-15-9-8(14(3)7(6-12)13-9)10(17)16(5-2)11(15)18/h4-6,12H2,1-3H3. The fourth-order valence-corrected chi connectivity index (χ4v) is 2.15. The van der Waals surface area contributed by atoms with Crippen LogP contribution in [-0.4, -0.2) is 18.7 Å². The lowest BCUT2D eigenvalue weighted by Gasteiger charge is -2.08. The molecule has 2 aromatic rings. The van der Waals surface area contributed by atoms with Crippen molar-refractivity contribution in [2.24, 2.45) is 12.8 Å². The average Bonchev–Trinajstić information content (AvgIpc) is 2.68. The second-order valence-electron chi connectivity index (χ2n) is 4.04. The lowest BCUT2D eigenvalue weighted by Crippen LogP contribution is -2.39. The van der Waals surface area contributed by atoms with Gasteiger partial charge in [-0.2, -0.15) is 0 Å². The van der Waals surface area contributed by atoms with Gasteiger partial charge in [0.2, 0.25) is 0 Å². The molecular formula is C11H17N5O2. The van der Waals surface area contributed by atoms with E-state index < -0.39 is 0 Å². The van der Waals surface area contributed by atoms with E-state index in [0.29, 0.717) is 30.1 Å². The van der Waals surface area contributed by atoms with E-state index in [1.807, 2.05) is 6.92 Å². The maximum atomic E-state index is 12.2. The molecule has 98 valence electrons. The second kappa shape index (κ2) is 4.41. The molecule has 7 heteroatoms. The molecule has 0 bridgehead atoms. The van der Waals surface area contributed by atoms with Crippen molar-refractivity contribution in [3.05, 3.63) is 26.7 Å². The van der Waals surface area contributed by atoms with E-state index in [9.17, 15) is 9.59 Å². The molecule has 0 aliphatic carbocycles. The van der Waals surface area contributed by atoms with E-state index >= 15 is 0 Å². The van der Waals surface area contributed by atoms with Crippen LogP contribution < -0.4 is 17.0 Å². The van der Waals surface area contributed by atoms with Crippen molar-refractivity contribution in [1.29, 1.82) is 0 Å². The van der Waals surface area contributed by atoms with Crippen molar-refractivity contribution in [1.82, 2.24) is 18.7 Å². The molecule has 0 aliphatic heterocycles. The van der Waals surface area contributed by atoms with Crippen molar-refractivity contribution in [2.75, 3.05) is 0 Å². The van der Waals surface area contributed by atoms with Crippen LogP contribution in [0.2, 0.25) is 0 Å². The van der Waals surface area contributed by atoms with Crippen LogP contribution in [0.3, 0.4) is 0 Å². The van der Waals surface area contributed by atoms with E-state index in [-0.39, 0.29) is 17.8 Å². The van der Waals surface area contributed by atoms with E-state index in [1.54, 1.807) is 18.5 Å². The minimum Gasteiger partial charge on any atom is -0.324 e. The lowest BCUT2D eigenvalue weighted by atomic mass is 10.4. The average molecular weight is 251 g/mol. The van der Waals surface area contributed by atoms with Crippen LogP contribution in [0.25, 0.3) is 11.2 Å². The number of nitrogens with zero attached hydrogens (tertiary/aromatic N) is 4. The monoisotopic (exact) mass is 251 g/mol. The number of hydrogen-bond donors (Lipinski definition) is 1. The molecule has 2 heterocycles. The summed E-state index contributed by atoms with van der Waals surface area (Å²) in [4.78, 5) is 28.7. The molecule has 0 aliphatic rings. The zero-order chi connectivity index (χ0) is 13.4. The summed E-state index contributed by atoms with van der Waals surface area (Å²) in [7, 11) is 1.74. The summed E-state index contributed by atoms with van der Waals surface area (Å²) in [5.74, 6) is 0.595. The van der Waals surface area contributed by atoms with Crippen LogP contribution in [0.15, 0.2) is 9.59 Å². The predicted octanol–water partition coefficient (Wildman–Crippen LogP) is -0.605. The summed E-state index contributed by atoms with van der Waals surface area (Å²) in [5, 5.41) is 0. The van der Waals surface area contributed by atoms with Crippen molar-refractivity contribution in [3.63, 3.8) is 0 Å². The molecule has 0 unspecified atom stereocenters. The molecule has 0 aromatic carbocycles. The Morgan fingerprint density at radius 3 is 2.28 bits per heavy atom. The first-order valence-electron chi connectivity index (χ1n) is 5.95. The van der Waals surface area contributed by atoms with Gasteiger partial charge in [0, 0.05) is 20.1 Å². The first kappa shape index (κ1) is 12.6. The van der Waals surface area contributed by atoms with Gasteiger partial charge in [0.15, 0.2) is 11.2 Å². The zero-order valence-electron chi connectivity index (χ0n) is 10.8. The Hall–Kier alpha value is -1.89. The van der Waals surface area contributed by atoms with Crippen molar-refractivity contribution in [2.45, 2.75) is 33.5 Å². The van der Waals surface area contributed by atoms with Gasteiger partial charge in [0.05, 0.1) is 6.54 Å². The van der Waals surface area contributed by atoms with Crippen LogP contribution in [0.1, 0.15) is 19.7 Å². The number of hydrogen-bond acceptors (Lipinski definition) is 4. The Morgan fingerprint density at radius 2 is 1.78 bits per heavy atom. The van der Waals surface area contributed by atoms with E-state index in [0.717, 1.165) is 0 Å². The Labute approximate surface area is 103 Å². The Kier molecular flexibility index (Phi) is 3.08. The molecule has 0 saturated heterocycles. The topological polar surface area (TPSA) is 87.8 Å². The van der Waals surface area contributed by atoms with Gasteiger partial charge in [-0.15, -0.1) is 0 Å². The van der Waals surface area contributed by atoms with E-state index in [1.165, 1.54) is 9.13 Å². The van der Waals surface area contributed by atoms with E-state index in [2.05, 4.69) is 4.98 Å². The maximum Gasteiger partial charge on any atom is 0.332 e. The lowest BCUT2D eigenvalue weighted by molar-refractivity contribution is 0.604. The van der Waals surface area contributed by atoms with Gasteiger partial charge in [-0.3, -0.25) is 13.9 Å². The molecule has 7 nitrogen and oxygen atoms in total. The SMILES string of the molecule is CCn1c(=O)c2c(nc(CN)n2C)n(CC)c1=O. The first-order chi connectivity index (χ1) is 8.56. The highest BCUT2D eigenvalue weighted by Crippen LogP contribution is 2.09. The minimum atomic E-state index is -0.320. The van der Waals surface area contributed by atoms with E-state index in [4.69, 9.17) is 5.73 Å². The summed E-state index contributed by atoms with van der Waals surface area (Å²) in [6.07, 6.45) is 0. The molecule has 2 aromatic heterocycles. The number of fused-ring (bicyclic) bond motifs is 1. The van der Waals surface area contributed by atoms with Crippen LogP contribution >= 0.6 is 0 Å². The van der Waals surface area contributed by atoms with Crippen molar-refractivity contribution >= 4 is 11.2 Å². The summed E-state index contributed by atoms with van der Waals surface area (Å²) in [6, 6.07) is 0. The van der Waals surface area contributed by atoms with Gasteiger partial charge in [-0.25, -0.2) is 9.78 Å². The smallest absolute Gasteiger partial charge is 0.324 e. The first-order valence-corrected chi connectivity index (χ1v) is 5.95. The molecule has 0 saturated carbocycles. The molecule has 2 N–H and O–H groups in total. The summed E-state index contributed by atoms with van der Waals surface area (Å²) < 4.78 is 4.38. The number of nitrogens with two attached hydrogens (primary N) is 1. The van der Waals surface area contributed by atoms with Gasteiger partial charge < -0.3 is 10.3 Å². The highest BCUT2D eigenvalue weighted by molar-refractivity contribution is 5.71. The summed E-state index contributed by atoms with van der Waals surface area (Å²) in [6.45, 7) is 4.67. The third-order valence-corrected chi connectivity index (χ3v) is 3.15. The van der Waals surface area contributed by atoms with Crippen molar-refractivity contribution in [3.8, 4) is 0 Å². The Balaban J connectivity index is 3.07. The Bertz CT molecular complexity index is 707. The number of imidazole rings is 1.